The highest BCUT2D eigenvalue weighted by atomic mass is 32.2. The van der Waals surface area contributed by atoms with Crippen LogP contribution in [0.25, 0.3) is 0 Å². The van der Waals surface area contributed by atoms with Crippen molar-refractivity contribution < 1.29 is 8.42 Å². The SMILES string of the molecule is CC1c2ccsc2CCN1S(=O)(=O)C(C)C. The lowest BCUT2D eigenvalue weighted by atomic mass is 10.0. The van der Waals surface area contributed by atoms with Crippen LogP contribution in [-0.2, 0) is 16.4 Å². The van der Waals surface area contributed by atoms with Gasteiger partial charge in [0.1, 0.15) is 0 Å². The third-order valence-corrected chi connectivity index (χ3v) is 6.48. The second-order valence-electron chi connectivity index (χ2n) is 4.43. The molecular formula is C11H17NO2S2. The Morgan fingerprint density at radius 2 is 2.19 bits per heavy atom. The lowest BCUT2D eigenvalue weighted by molar-refractivity contribution is 0.326. The van der Waals surface area contributed by atoms with Gasteiger partial charge in [-0.25, -0.2) is 8.42 Å². The van der Waals surface area contributed by atoms with E-state index in [2.05, 4.69) is 0 Å². The largest absolute Gasteiger partial charge is 0.216 e. The number of hydrogen-bond donors (Lipinski definition) is 0. The Kier molecular flexibility index (Phi) is 3.11. The zero-order valence-electron chi connectivity index (χ0n) is 9.80. The molecule has 0 N–H and O–H groups in total. The van der Waals surface area contributed by atoms with Gasteiger partial charge in [0.15, 0.2) is 0 Å². The van der Waals surface area contributed by atoms with E-state index >= 15 is 0 Å². The molecule has 0 amide bonds. The predicted molar refractivity (Wildman–Crippen MR) is 67.2 cm³/mol. The second kappa shape index (κ2) is 4.13. The van der Waals surface area contributed by atoms with E-state index in [-0.39, 0.29) is 11.3 Å². The van der Waals surface area contributed by atoms with E-state index in [1.165, 1.54) is 10.4 Å². The standard InChI is InChI=1S/C11H17NO2S2/c1-8(2)16(13,14)12-6-4-11-10(9(12)3)5-7-15-11/h5,7-9H,4,6H2,1-3H3. The summed E-state index contributed by atoms with van der Waals surface area (Å²) in [6.45, 7) is 6.08. The quantitative estimate of drug-likeness (QED) is 0.818. The number of hydrogen-bond acceptors (Lipinski definition) is 3. The molecule has 1 aliphatic heterocycles. The van der Waals surface area contributed by atoms with Gasteiger partial charge in [0.25, 0.3) is 0 Å². The van der Waals surface area contributed by atoms with Crippen molar-refractivity contribution in [3.8, 4) is 0 Å². The average Bonchev–Trinajstić information content (AvgIpc) is 2.66. The molecule has 0 aromatic carbocycles. The summed E-state index contributed by atoms with van der Waals surface area (Å²) < 4.78 is 26.0. The summed E-state index contributed by atoms with van der Waals surface area (Å²) in [7, 11) is -3.13. The molecule has 0 radical (unpaired) electrons. The molecule has 0 spiro atoms. The van der Waals surface area contributed by atoms with E-state index < -0.39 is 10.0 Å². The minimum atomic E-state index is -3.13. The van der Waals surface area contributed by atoms with Gasteiger partial charge in [-0.15, -0.1) is 11.3 Å². The van der Waals surface area contributed by atoms with Crippen molar-refractivity contribution in [2.75, 3.05) is 6.54 Å². The predicted octanol–water partition coefficient (Wildman–Crippen LogP) is 2.41. The van der Waals surface area contributed by atoms with Gasteiger partial charge >= 0.3 is 0 Å². The Morgan fingerprint density at radius 1 is 1.50 bits per heavy atom. The van der Waals surface area contributed by atoms with E-state index in [0.717, 1.165) is 6.42 Å². The molecular weight excluding hydrogens is 242 g/mol. The van der Waals surface area contributed by atoms with Crippen LogP contribution in [0, 0.1) is 0 Å². The molecule has 1 unspecified atom stereocenters. The Bertz CT molecular complexity index is 476. The fraction of sp³-hybridized carbons (Fsp3) is 0.636. The maximum absolute atomic E-state index is 12.2. The van der Waals surface area contributed by atoms with E-state index in [4.69, 9.17) is 0 Å². The number of nitrogens with zero attached hydrogens (tertiary/aromatic N) is 1. The Morgan fingerprint density at radius 3 is 2.81 bits per heavy atom. The van der Waals surface area contributed by atoms with Gasteiger partial charge in [0.2, 0.25) is 10.0 Å². The summed E-state index contributed by atoms with van der Waals surface area (Å²) in [4.78, 5) is 1.34. The van der Waals surface area contributed by atoms with Crippen LogP contribution in [0.1, 0.15) is 37.3 Å². The minimum Gasteiger partial charge on any atom is -0.212 e. The van der Waals surface area contributed by atoms with Crippen LogP contribution in [0.3, 0.4) is 0 Å². The summed E-state index contributed by atoms with van der Waals surface area (Å²) in [5.74, 6) is 0. The first-order chi connectivity index (χ1) is 7.44. The van der Waals surface area contributed by atoms with Crippen LogP contribution in [0.15, 0.2) is 11.4 Å². The van der Waals surface area contributed by atoms with Crippen LogP contribution in [0.2, 0.25) is 0 Å². The van der Waals surface area contributed by atoms with Gasteiger partial charge in [-0.1, -0.05) is 0 Å². The lowest BCUT2D eigenvalue weighted by Gasteiger charge is -2.33. The van der Waals surface area contributed by atoms with E-state index in [0.29, 0.717) is 6.54 Å². The molecule has 2 heterocycles. The smallest absolute Gasteiger partial charge is 0.212 e. The van der Waals surface area contributed by atoms with E-state index in [9.17, 15) is 8.42 Å². The molecule has 0 aliphatic carbocycles. The van der Waals surface area contributed by atoms with Crippen molar-refractivity contribution >= 4 is 21.4 Å². The first-order valence-electron chi connectivity index (χ1n) is 5.51. The Labute approximate surface area is 101 Å². The van der Waals surface area contributed by atoms with Gasteiger partial charge < -0.3 is 0 Å². The molecule has 2 rings (SSSR count). The van der Waals surface area contributed by atoms with Crippen molar-refractivity contribution in [1.29, 1.82) is 0 Å². The van der Waals surface area contributed by atoms with Crippen molar-refractivity contribution in [3.63, 3.8) is 0 Å². The van der Waals surface area contributed by atoms with Crippen LogP contribution in [-0.4, -0.2) is 24.5 Å². The maximum atomic E-state index is 12.2. The summed E-state index contributed by atoms with van der Waals surface area (Å²) in [5.41, 5.74) is 1.18. The summed E-state index contributed by atoms with van der Waals surface area (Å²) in [6, 6.07) is 2.04. The molecule has 1 aliphatic rings. The molecule has 1 aromatic heterocycles. The molecule has 16 heavy (non-hydrogen) atoms. The topological polar surface area (TPSA) is 37.4 Å². The zero-order valence-corrected chi connectivity index (χ0v) is 11.4. The summed E-state index contributed by atoms with van der Waals surface area (Å²) >= 11 is 1.73. The molecule has 1 aromatic rings. The molecule has 5 heteroatoms. The Hall–Kier alpha value is -0.390. The van der Waals surface area contributed by atoms with Crippen molar-refractivity contribution in [3.05, 3.63) is 21.9 Å². The molecule has 1 atom stereocenters. The van der Waals surface area contributed by atoms with Gasteiger partial charge in [-0.05, 0) is 44.2 Å². The van der Waals surface area contributed by atoms with Gasteiger partial charge in [0.05, 0.1) is 5.25 Å². The third kappa shape index (κ3) is 1.81. The zero-order chi connectivity index (χ0) is 11.9. The van der Waals surface area contributed by atoms with Crippen LogP contribution in [0.4, 0.5) is 0 Å². The van der Waals surface area contributed by atoms with E-state index in [1.54, 1.807) is 29.5 Å². The fourth-order valence-corrected chi connectivity index (χ4v) is 4.51. The van der Waals surface area contributed by atoms with Crippen LogP contribution >= 0.6 is 11.3 Å². The Balaban J connectivity index is 2.36. The first-order valence-corrected chi connectivity index (χ1v) is 7.90. The van der Waals surface area contributed by atoms with E-state index in [1.807, 2.05) is 18.4 Å². The van der Waals surface area contributed by atoms with Crippen molar-refractivity contribution in [2.45, 2.75) is 38.5 Å². The molecule has 0 fully saturated rings. The highest BCUT2D eigenvalue weighted by molar-refractivity contribution is 7.89. The van der Waals surface area contributed by atoms with Crippen LogP contribution < -0.4 is 0 Å². The molecule has 3 nitrogen and oxygen atoms in total. The molecule has 0 saturated heterocycles. The number of rotatable bonds is 2. The third-order valence-electron chi connectivity index (χ3n) is 3.14. The molecule has 0 bridgehead atoms. The monoisotopic (exact) mass is 259 g/mol. The summed E-state index contributed by atoms with van der Waals surface area (Å²) in [5, 5.41) is 1.71. The van der Waals surface area contributed by atoms with Gasteiger partial charge in [0, 0.05) is 17.5 Å². The molecule has 90 valence electrons. The van der Waals surface area contributed by atoms with Gasteiger partial charge in [-0.3, -0.25) is 0 Å². The van der Waals surface area contributed by atoms with Crippen molar-refractivity contribution in [1.82, 2.24) is 4.31 Å². The maximum Gasteiger partial charge on any atom is 0.216 e. The average molecular weight is 259 g/mol. The molecule has 0 saturated carbocycles. The number of sulfonamides is 1. The highest BCUT2D eigenvalue weighted by Gasteiger charge is 2.34. The number of fused-ring (bicyclic) bond motifs is 1. The summed E-state index contributed by atoms with van der Waals surface area (Å²) in [6.07, 6.45) is 0.850. The minimum absolute atomic E-state index is 0.0117. The number of thiophene rings is 1. The second-order valence-corrected chi connectivity index (χ2v) is 7.87. The van der Waals surface area contributed by atoms with Crippen LogP contribution in [0.5, 0.6) is 0 Å². The van der Waals surface area contributed by atoms with Crippen molar-refractivity contribution in [2.24, 2.45) is 0 Å². The van der Waals surface area contributed by atoms with Gasteiger partial charge in [-0.2, -0.15) is 4.31 Å². The first kappa shape index (κ1) is 12.1. The fourth-order valence-electron chi connectivity index (χ4n) is 2.10. The lowest BCUT2D eigenvalue weighted by Crippen LogP contribution is -2.41. The highest BCUT2D eigenvalue weighted by Crippen LogP contribution is 2.35. The normalized spacial score (nSPS) is 22.4.